The Balaban J connectivity index is 2.02. The molecular formula is C19H19FO2. The lowest BCUT2D eigenvalue weighted by Crippen LogP contribution is -2.08. The molecule has 2 nitrogen and oxygen atoms in total. The number of hydrogen-bond acceptors (Lipinski definition) is 2. The highest BCUT2D eigenvalue weighted by Gasteiger charge is 2.24. The first-order valence-electron chi connectivity index (χ1n) is 7.62. The number of ether oxygens (including phenoxy) is 1. The number of aryl methyl sites for hydroxylation is 2. The Bertz CT molecular complexity index is 694. The lowest BCUT2D eigenvalue weighted by Gasteiger charge is -2.20. The first-order valence-corrected chi connectivity index (χ1v) is 7.62. The molecule has 0 fully saturated rings. The van der Waals surface area contributed by atoms with E-state index in [4.69, 9.17) is 4.74 Å². The SMILES string of the molecule is COC(=O)CCC1c2ccccc2CCc2cc(F)ccc21. The zero-order valence-corrected chi connectivity index (χ0v) is 12.6. The molecule has 1 atom stereocenters. The van der Waals surface area contributed by atoms with Gasteiger partial charge in [0.25, 0.3) is 0 Å². The van der Waals surface area contributed by atoms with Crippen molar-refractivity contribution in [2.45, 2.75) is 31.6 Å². The molecule has 1 unspecified atom stereocenters. The van der Waals surface area contributed by atoms with E-state index in [2.05, 4.69) is 12.1 Å². The maximum Gasteiger partial charge on any atom is 0.305 e. The van der Waals surface area contributed by atoms with Gasteiger partial charge in [0, 0.05) is 12.3 Å². The number of carbonyl (C=O) groups excluding carboxylic acids is 1. The van der Waals surface area contributed by atoms with Crippen LogP contribution < -0.4 is 0 Å². The zero-order valence-electron chi connectivity index (χ0n) is 12.6. The molecule has 0 bridgehead atoms. The molecule has 0 N–H and O–H groups in total. The van der Waals surface area contributed by atoms with Crippen LogP contribution in [0.4, 0.5) is 4.39 Å². The van der Waals surface area contributed by atoms with Gasteiger partial charge in [-0.3, -0.25) is 4.79 Å². The van der Waals surface area contributed by atoms with Crippen molar-refractivity contribution >= 4 is 5.97 Å². The highest BCUT2D eigenvalue weighted by molar-refractivity contribution is 5.69. The van der Waals surface area contributed by atoms with Crippen LogP contribution in [0.2, 0.25) is 0 Å². The van der Waals surface area contributed by atoms with Crippen LogP contribution in [0.1, 0.15) is 41.0 Å². The van der Waals surface area contributed by atoms with Crippen LogP contribution in [-0.2, 0) is 22.4 Å². The van der Waals surface area contributed by atoms with E-state index in [1.807, 2.05) is 18.2 Å². The predicted molar refractivity (Wildman–Crippen MR) is 83.3 cm³/mol. The van der Waals surface area contributed by atoms with Gasteiger partial charge in [-0.05, 0) is 53.6 Å². The number of halogens is 1. The molecular weight excluding hydrogens is 279 g/mol. The molecule has 0 aliphatic heterocycles. The summed E-state index contributed by atoms with van der Waals surface area (Å²) in [4.78, 5) is 11.5. The number of esters is 1. The standard InChI is InChI=1S/C19H19FO2/c1-22-19(21)11-10-18-16-5-3-2-4-13(16)6-7-14-12-15(20)8-9-17(14)18/h2-5,8-9,12,18H,6-7,10-11H2,1H3. The van der Waals surface area contributed by atoms with Crippen molar-refractivity contribution in [3.05, 3.63) is 70.5 Å². The van der Waals surface area contributed by atoms with Crippen LogP contribution in [0.15, 0.2) is 42.5 Å². The van der Waals surface area contributed by atoms with E-state index in [-0.39, 0.29) is 17.7 Å². The second kappa shape index (κ2) is 6.30. The van der Waals surface area contributed by atoms with Gasteiger partial charge >= 0.3 is 5.97 Å². The summed E-state index contributed by atoms with van der Waals surface area (Å²) in [6, 6.07) is 13.3. The third-order valence-corrected chi connectivity index (χ3v) is 4.44. The maximum absolute atomic E-state index is 13.6. The monoisotopic (exact) mass is 298 g/mol. The van der Waals surface area contributed by atoms with Gasteiger partial charge in [-0.25, -0.2) is 4.39 Å². The number of methoxy groups -OCH3 is 1. The van der Waals surface area contributed by atoms with E-state index < -0.39 is 0 Å². The molecule has 0 aromatic heterocycles. The highest BCUT2D eigenvalue weighted by Crippen LogP contribution is 2.37. The number of benzene rings is 2. The molecule has 114 valence electrons. The predicted octanol–water partition coefficient (Wildman–Crippen LogP) is 4.01. The molecule has 22 heavy (non-hydrogen) atoms. The summed E-state index contributed by atoms with van der Waals surface area (Å²) >= 11 is 0. The molecule has 0 radical (unpaired) electrons. The molecule has 0 saturated heterocycles. The smallest absolute Gasteiger partial charge is 0.305 e. The van der Waals surface area contributed by atoms with Crippen LogP contribution in [0.25, 0.3) is 0 Å². The minimum absolute atomic E-state index is 0.119. The van der Waals surface area contributed by atoms with Crippen LogP contribution in [-0.4, -0.2) is 13.1 Å². The van der Waals surface area contributed by atoms with Gasteiger partial charge in [-0.15, -0.1) is 0 Å². The first kappa shape index (κ1) is 14.8. The Morgan fingerprint density at radius 2 is 1.86 bits per heavy atom. The largest absolute Gasteiger partial charge is 0.469 e. The van der Waals surface area contributed by atoms with Gasteiger partial charge in [0.1, 0.15) is 5.82 Å². The van der Waals surface area contributed by atoms with Gasteiger partial charge in [0.05, 0.1) is 7.11 Å². The zero-order chi connectivity index (χ0) is 15.5. The van der Waals surface area contributed by atoms with Gasteiger partial charge in [-0.1, -0.05) is 30.3 Å². The summed E-state index contributed by atoms with van der Waals surface area (Å²) in [5.74, 6) is -0.282. The second-order valence-corrected chi connectivity index (χ2v) is 5.71. The summed E-state index contributed by atoms with van der Waals surface area (Å²) in [7, 11) is 1.41. The maximum atomic E-state index is 13.6. The summed E-state index contributed by atoms with van der Waals surface area (Å²) in [6.45, 7) is 0. The molecule has 3 rings (SSSR count). The Hall–Kier alpha value is -2.16. The molecule has 1 aliphatic rings. The van der Waals surface area contributed by atoms with Crippen molar-refractivity contribution in [1.29, 1.82) is 0 Å². The third-order valence-electron chi connectivity index (χ3n) is 4.44. The Morgan fingerprint density at radius 1 is 1.14 bits per heavy atom. The topological polar surface area (TPSA) is 26.3 Å². The fraction of sp³-hybridized carbons (Fsp3) is 0.316. The number of carbonyl (C=O) groups is 1. The van der Waals surface area contributed by atoms with E-state index in [0.29, 0.717) is 12.8 Å². The van der Waals surface area contributed by atoms with Gasteiger partial charge in [0.15, 0.2) is 0 Å². The summed E-state index contributed by atoms with van der Waals surface area (Å²) in [5.41, 5.74) is 4.71. The van der Waals surface area contributed by atoms with E-state index in [1.165, 1.54) is 24.3 Å². The fourth-order valence-corrected chi connectivity index (χ4v) is 3.34. The summed E-state index contributed by atoms with van der Waals surface area (Å²) in [6.07, 6.45) is 2.79. The van der Waals surface area contributed by atoms with Crippen molar-refractivity contribution in [1.82, 2.24) is 0 Å². The lowest BCUT2D eigenvalue weighted by atomic mass is 9.85. The van der Waals surface area contributed by atoms with Gasteiger partial charge < -0.3 is 4.74 Å². The first-order chi connectivity index (χ1) is 10.7. The fourth-order valence-electron chi connectivity index (χ4n) is 3.34. The third kappa shape index (κ3) is 2.89. The van der Waals surface area contributed by atoms with Gasteiger partial charge in [0.2, 0.25) is 0 Å². The van der Waals surface area contributed by atoms with Crippen molar-refractivity contribution in [3.8, 4) is 0 Å². The van der Waals surface area contributed by atoms with E-state index in [9.17, 15) is 9.18 Å². The average Bonchev–Trinajstić information content (AvgIpc) is 2.69. The van der Waals surface area contributed by atoms with E-state index >= 15 is 0 Å². The van der Waals surface area contributed by atoms with Crippen LogP contribution in [0.5, 0.6) is 0 Å². The highest BCUT2D eigenvalue weighted by atomic mass is 19.1. The minimum Gasteiger partial charge on any atom is -0.469 e. The molecule has 0 heterocycles. The molecule has 3 heteroatoms. The number of rotatable bonds is 3. The Kier molecular flexibility index (Phi) is 4.23. The van der Waals surface area contributed by atoms with Crippen molar-refractivity contribution < 1.29 is 13.9 Å². The molecule has 0 amide bonds. The number of fused-ring (bicyclic) bond motifs is 2. The van der Waals surface area contributed by atoms with Gasteiger partial charge in [-0.2, -0.15) is 0 Å². The van der Waals surface area contributed by atoms with Crippen molar-refractivity contribution in [2.75, 3.05) is 7.11 Å². The molecule has 0 saturated carbocycles. The molecule has 1 aliphatic carbocycles. The van der Waals surface area contributed by atoms with Crippen molar-refractivity contribution in [3.63, 3.8) is 0 Å². The minimum atomic E-state index is -0.203. The van der Waals surface area contributed by atoms with Crippen LogP contribution in [0.3, 0.4) is 0 Å². The normalized spacial score (nSPS) is 16.4. The van der Waals surface area contributed by atoms with E-state index in [0.717, 1.165) is 24.0 Å². The summed E-state index contributed by atoms with van der Waals surface area (Å²) < 4.78 is 18.3. The van der Waals surface area contributed by atoms with Crippen LogP contribution in [0, 0.1) is 5.82 Å². The lowest BCUT2D eigenvalue weighted by molar-refractivity contribution is -0.140. The molecule has 0 spiro atoms. The van der Waals surface area contributed by atoms with E-state index in [1.54, 1.807) is 6.07 Å². The molecule has 2 aromatic rings. The average molecular weight is 298 g/mol. The van der Waals surface area contributed by atoms with Crippen LogP contribution >= 0.6 is 0 Å². The number of hydrogen-bond donors (Lipinski definition) is 0. The molecule has 2 aromatic carbocycles. The quantitative estimate of drug-likeness (QED) is 0.800. The second-order valence-electron chi connectivity index (χ2n) is 5.71. The Morgan fingerprint density at radius 3 is 2.68 bits per heavy atom. The summed E-state index contributed by atoms with van der Waals surface area (Å²) in [5, 5.41) is 0. The Labute approximate surface area is 129 Å². The van der Waals surface area contributed by atoms with Crippen molar-refractivity contribution in [2.24, 2.45) is 0 Å².